The zero-order valence-corrected chi connectivity index (χ0v) is 12.1. The minimum absolute atomic E-state index is 0.0899. The van der Waals surface area contributed by atoms with E-state index in [0.717, 1.165) is 12.3 Å². The van der Waals surface area contributed by atoms with E-state index < -0.39 is 40.2 Å². The van der Waals surface area contributed by atoms with Gasteiger partial charge in [0.2, 0.25) is 0 Å². The van der Waals surface area contributed by atoms with Crippen molar-refractivity contribution < 1.29 is 27.9 Å². The van der Waals surface area contributed by atoms with E-state index in [1.807, 2.05) is 0 Å². The first-order valence-electron chi connectivity index (χ1n) is 6.10. The van der Waals surface area contributed by atoms with Crippen LogP contribution < -0.4 is 5.32 Å². The van der Waals surface area contributed by atoms with Crippen LogP contribution in [0.15, 0.2) is 36.0 Å². The number of pyridine rings is 1. The van der Waals surface area contributed by atoms with Crippen molar-refractivity contribution in [3.8, 4) is 0 Å². The van der Waals surface area contributed by atoms with Gasteiger partial charge in [0, 0.05) is 18.0 Å². The number of thioether (sulfide) groups is 1. The van der Waals surface area contributed by atoms with Gasteiger partial charge in [-0.25, -0.2) is 9.78 Å². The van der Waals surface area contributed by atoms with Gasteiger partial charge in [-0.15, -0.1) is 6.58 Å². The molecule has 1 unspecified atom stereocenters. The van der Waals surface area contributed by atoms with Crippen molar-refractivity contribution in [2.45, 2.75) is 29.4 Å². The maximum absolute atomic E-state index is 12.4. The van der Waals surface area contributed by atoms with Crippen LogP contribution in [0.2, 0.25) is 0 Å². The first kappa shape index (κ1) is 18.0. The number of amides is 1. The fourth-order valence-corrected chi connectivity index (χ4v) is 2.14. The van der Waals surface area contributed by atoms with Crippen molar-refractivity contribution in [3.63, 3.8) is 0 Å². The summed E-state index contributed by atoms with van der Waals surface area (Å²) in [5.41, 5.74) is -4.92. The Morgan fingerprint density at radius 1 is 1.50 bits per heavy atom. The van der Waals surface area contributed by atoms with Gasteiger partial charge in [0.05, 0.1) is 5.56 Å². The topological polar surface area (TPSA) is 79.3 Å². The Morgan fingerprint density at radius 2 is 2.18 bits per heavy atom. The van der Waals surface area contributed by atoms with Crippen molar-refractivity contribution in [3.05, 3.63) is 36.5 Å². The molecule has 0 radical (unpaired) electrons. The second-order valence-corrected chi connectivity index (χ2v) is 5.19. The molecule has 0 spiro atoms. The molecule has 1 heterocycles. The number of alkyl halides is 3. The van der Waals surface area contributed by atoms with Crippen LogP contribution in [0, 0.1) is 0 Å². The van der Waals surface area contributed by atoms with Gasteiger partial charge in [0.25, 0.3) is 5.91 Å². The van der Waals surface area contributed by atoms with Crippen molar-refractivity contribution in [2.75, 3.05) is 0 Å². The van der Waals surface area contributed by atoms with Crippen LogP contribution in [0.1, 0.15) is 23.2 Å². The van der Waals surface area contributed by atoms with E-state index in [1.54, 1.807) is 0 Å². The molecule has 0 aliphatic rings. The van der Waals surface area contributed by atoms with Crippen molar-refractivity contribution in [2.24, 2.45) is 0 Å². The number of carboxylic acids is 1. The highest BCUT2D eigenvalue weighted by Gasteiger charge is 2.32. The van der Waals surface area contributed by atoms with Crippen LogP contribution in [-0.4, -0.2) is 33.5 Å². The second-order valence-electron chi connectivity index (χ2n) is 4.13. The molecule has 1 aromatic heterocycles. The van der Waals surface area contributed by atoms with Crippen LogP contribution in [0.5, 0.6) is 0 Å². The molecule has 1 atom stereocenters. The third-order valence-corrected chi connectivity index (χ3v) is 3.24. The predicted molar refractivity (Wildman–Crippen MR) is 74.5 cm³/mol. The lowest BCUT2D eigenvalue weighted by Crippen LogP contribution is -2.41. The van der Waals surface area contributed by atoms with E-state index in [9.17, 15) is 22.8 Å². The van der Waals surface area contributed by atoms with Gasteiger partial charge in [-0.3, -0.25) is 4.79 Å². The van der Waals surface area contributed by atoms with Crippen LogP contribution >= 0.6 is 11.8 Å². The van der Waals surface area contributed by atoms with Gasteiger partial charge in [0.15, 0.2) is 0 Å². The summed E-state index contributed by atoms with van der Waals surface area (Å²) in [5, 5.41) is 10.7. The van der Waals surface area contributed by atoms with E-state index in [0.29, 0.717) is 6.42 Å². The van der Waals surface area contributed by atoms with E-state index in [-0.39, 0.29) is 12.0 Å². The smallest absolute Gasteiger partial charge is 0.447 e. The number of carboxylic acid groups (broad SMARTS) is 1. The molecule has 9 heteroatoms. The number of nitrogens with zero attached hydrogens (tertiary/aromatic N) is 1. The van der Waals surface area contributed by atoms with Crippen molar-refractivity contribution in [1.29, 1.82) is 0 Å². The van der Waals surface area contributed by atoms with Crippen LogP contribution in [0.3, 0.4) is 0 Å². The van der Waals surface area contributed by atoms with Gasteiger partial charge in [0.1, 0.15) is 11.1 Å². The molecular weight excluding hydrogens is 321 g/mol. The van der Waals surface area contributed by atoms with Crippen LogP contribution in [0.25, 0.3) is 0 Å². The average Bonchev–Trinajstić information content (AvgIpc) is 2.41. The number of aromatic nitrogens is 1. The zero-order chi connectivity index (χ0) is 16.8. The lowest BCUT2D eigenvalue weighted by molar-refractivity contribution is -0.139. The quantitative estimate of drug-likeness (QED) is 0.592. The van der Waals surface area contributed by atoms with E-state index in [1.165, 1.54) is 12.1 Å². The first-order valence-corrected chi connectivity index (χ1v) is 6.91. The summed E-state index contributed by atoms with van der Waals surface area (Å²) in [5.74, 6) is -2.19. The Morgan fingerprint density at radius 3 is 2.73 bits per heavy atom. The van der Waals surface area contributed by atoms with Crippen molar-refractivity contribution >= 4 is 23.6 Å². The standard InChI is InChI=1S/C13H13F3N2O3S/c1-2-3-6-9(12(20)21)18-10(19)8-5-4-7-17-11(8)22-13(14,15)16/h2,4-5,7,9H,1,3,6H2,(H,18,19)(H,20,21). The molecular formula is C13H13F3N2O3S. The molecule has 22 heavy (non-hydrogen) atoms. The lowest BCUT2D eigenvalue weighted by atomic mass is 10.1. The maximum Gasteiger partial charge on any atom is 0.447 e. The van der Waals surface area contributed by atoms with Crippen LogP contribution in [0.4, 0.5) is 13.2 Å². The summed E-state index contributed by atoms with van der Waals surface area (Å²) in [6.45, 7) is 3.44. The number of carbonyl (C=O) groups is 2. The minimum atomic E-state index is -4.60. The van der Waals surface area contributed by atoms with Gasteiger partial charge >= 0.3 is 11.5 Å². The van der Waals surface area contributed by atoms with E-state index in [2.05, 4.69) is 16.9 Å². The highest BCUT2D eigenvalue weighted by molar-refractivity contribution is 8.00. The molecule has 1 rings (SSSR count). The number of carbonyl (C=O) groups excluding carboxylic acids is 1. The molecule has 120 valence electrons. The lowest BCUT2D eigenvalue weighted by Gasteiger charge is -2.15. The number of rotatable bonds is 7. The normalized spacial score (nSPS) is 12.5. The Bertz CT molecular complexity index is 564. The molecule has 0 saturated carbocycles. The molecule has 0 aliphatic carbocycles. The SMILES string of the molecule is C=CCCC(NC(=O)c1cccnc1SC(F)(F)F)C(=O)O. The summed E-state index contributed by atoms with van der Waals surface area (Å²) in [4.78, 5) is 26.6. The van der Waals surface area contributed by atoms with E-state index >= 15 is 0 Å². The first-order chi connectivity index (χ1) is 10.2. The van der Waals surface area contributed by atoms with Gasteiger partial charge < -0.3 is 10.4 Å². The molecule has 1 aromatic rings. The van der Waals surface area contributed by atoms with Crippen LogP contribution in [-0.2, 0) is 4.79 Å². The monoisotopic (exact) mass is 334 g/mol. The maximum atomic E-state index is 12.4. The second kappa shape index (κ2) is 7.83. The molecule has 0 aliphatic heterocycles. The third kappa shape index (κ3) is 5.76. The van der Waals surface area contributed by atoms with Gasteiger partial charge in [-0.2, -0.15) is 13.2 Å². The number of aliphatic carboxylic acids is 1. The summed E-state index contributed by atoms with van der Waals surface area (Å²) in [6.07, 6.45) is 3.04. The molecule has 5 nitrogen and oxygen atoms in total. The predicted octanol–water partition coefficient (Wildman–Crippen LogP) is 2.84. The summed E-state index contributed by atoms with van der Waals surface area (Å²) < 4.78 is 37.3. The number of halogens is 3. The Labute approximate surface area is 128 Å². The largest absolute Gasteiger partial charge is 0.480 e. The number of hydrogen-bond donors (Lipinski definition) is 2. The number of nitrogens with one attached hydrogen (secondary N) is 1. The van der Waals surface area contributed by atoms with E-state index in [4.69, 9.17) is 5.11 Å². The molecule has 1 amide bonds. The fourth-order valence-electron chi connectivity index (χ4n) is 1.53. The Kier molecular flexibility index (Phi) is 6.41. The number of hydrogen-bond acceptors (Lipinski definition) is 4. The molecule has 0 bridgehead atoms. The number of allylic oxidation sites excluding steroid dienone is 1. The zero-order valence-electron chi connectivity index (χ0n) is 11.3. The summed E-state index contributed by atoms with van der Waals surface area (Å²) >= 11 is -0.527. The molecule has 2 N–H and O–H groups in total. The Balaban J connectivity index is 2.92. The van der Waals surface area contributed by atoms with Crippen molar-refractivity contribution in [1.82, 2.24) is 10.3 Å². The third-order valence-electron chi connectivity index (χ3n) is 2.49. The van der Waals surface area contributed by atoms with Gasteiger partial charge in [-0.1, -0.05) is 6.08 Å². The fraction of sp³-hybridized carbons (Fsp3) is 0.308. The molecule has 0 saturated heterocycles. The van der Waals surface area contributed by atoms with Gasteiger partial charge in [-0.05, 0) is 25.0 Å². The highest BCUT2D eigenvalue weighted by atomic mass is 32.2. The highest BCUT2D eigenvalue weighted by Crippen LogP contribution is 2.37. The average molecular weight is 334 g/mol. The molecule has 0 fully saturated rings. The summed E-state index contributed by atoms with van der Waals surface area (Å²) in [7, 11) is 0. The molecule has 0 aromatic carbocycles. The summed E-state index contributed by atoms with van der Waals surface area (Å²) in [6, 6.07) is 1.24. The minimum Gasteiger partial charge on any atom is -0.480 e. The Hall–Kier alpha value is -2.03.